The molecule has 5 nitrogen and oxygen atoms in total. The van der Waals surface area contributed by atoms with E-state index in [2.05, 4.69) is 35.8 Å². The lowest BCUT2D eigenvalue weighted by Gasteiger charge is -2.28. The predicted octanol–water partition coefficient (Wildman–Crippen LogP) is 1.85. The lowest BCUT2D eigenvalue weighted by molar-refractivity contribution is 0.314. The highest BCUT2D eigenvalue weighted by Gasteiger charge is 2.23. The number of nitrogen functional groups attached to an aromatic ring is 1. The van der Waals surface area contributed by atoms with Gasteiger partial charge in [0.15, 0.2) is 0 Å². The number of hydrogen-bond acceptors (Lipinski definition) is 5. The van der Waals surface area contributed by atoms with Crippen LogP contribution in [0.4, 0.5) is 11.6 Å². The number of nitrogens with zero attached hydrogens (tertiary/aromatic N) is 4. The minimum absolute atomic E-state index is 0.616. The summed E-state index contributed by atoms with van der Waals surface area (Å²) in [6, 6.07) is 0.616. The molecule has 2 N–H and O–H groups in total. The maximum Gasteiger partial charge on any atom is 0.137 e. The number of aryl methyl sites for hydroxylation is 1. The quantitative estimate of drug-likeness (QED) is 0.890. The fourth-order valence-electron chi connectivity index (χ4n) is 2.89. The number of hydrogen-bond donors (Lipinski definition) is 1. The normalized spacial score (nSPS) is 19.5. The van der Waals surface area contributed by atoms with Gasteiger partial charge in [0, 0.05) is 31.6 Å². The minimum Gasteiger partial charge on any atom is -0.383 e. The smallest absolute Gasteiger partial charge is 0.137 e. The molecule has 1 aromatic heterocycles. The van der Waals surface area contributed by atoms with Crippen molar-refractivity contribution >= 4 is 11.6 Å². The predicted molar refractivity (Wildman–Crippen MR) is 84.1 cm³/mol. The zero-order valence-corrected chi connectivity index (χ0v) is 13.2. The molecule has 1 aromatic rings. The van der Waals surface area contributed by atoms with E-state index < -0.39 is 0 Å². The van der Waals surface area contributed by atoms with Crippen molar-refractivity contribution in [2.75, 3.05) is 37.8 Å². The average molecular weight is 277 g/mol. The molecule has 5 heteroatoms. The second kappa shape index (κ2) is 6.39. The first kappa shape index (κ1) is 15.0. The first-order valence-electron chi connectivity index (χ1n) is 7.57. The monoisotopic (exact) mass is 277 g/mol. The van der Waals surface area contributed by atoms with Crippen molar-refractivity contribution in [3.8, 4) is 0 Å². The van der Waals surface area contributed by atoms with Gasteiger partial charge in [-0.05, 0) is 39.8 Å². The van der Waals surface area contributed by atoms with E-state index in [9.17, 15) is 0 Å². The van der Waals surface area contributed by atoms with Gasteiger partial charge in [-0.2, -0.15) is 0 Å². The Morgan fingerprint density at radius 1 is 1.40 bits per heavy atom. The lowest BCUT2D eigenvalue weighted by atomic mass is 10.2. The molecule has 1 atom stereocenters. The van der Waals surface area contributed by atoms with Gasteiger partial charge in [0.25, 0.3) is 0 Å². The highest BCUT2D eigenvalue weighted by molar-refractivity contribution is 5.56. The van der Waals surface area contributed by atoms with Crippen LogP contribution < -0.4 is 10.6 Å². The highest BCUT2D eigenvalue weighted by atomic mass is 15.2. The van der Waals surface area contributed by atoms with Crippen LogP contribution in [0.3, 0.4) is 0 Å². The van der Waals surface area contributed by atoms with Gasteiger partial charge in [-0.25, -0.2) is 9.97 Å². The van der Waals surface area contributed by atoms with E-state index >= 15 is 0 Å². The Labute approximate surface area is 122 Å². The van der Waals surface area contributed by atoms with Crippen LogP contribution in [0.2, 0.25) is 0 Å². The Kier molecular flexibility index (Phi) is 4.81. The zero-order chi connectivity index (χ0) is 14.7. The highest BCUT2D eigenvalue weighted by Crippen LogP contribution is 2.23. The van der Waals surface area contributed by atoms with E-state index in [4.69, 9.17) is 10.7 Å². The third kappa shape index (κ3) is 3.20. The fraction of sp³-hybridized carbons (Fsp3) is 0.733. The topological polar surface area (TPSA) is 58.3 Å². The van der Waals surface area contributed by atoms with Crippen molar-refractivity contribution in [3.05, 3.63) is 11.4 Å². The van der Waals surface area contributed by atoms with E-state index in [-0.39, 0.29) is 0 Å². The van der Waals surface area contributed by atoms with Crippen molar-refractivity contribution < 1.29 is 0 Å². The average Bonchev–Trinajstić information content (AvgIpc) is 2.79. The molecule has 1 saturated heterocycles. The molecule has 112 valence electrons. The molecule has 2 rings (SSSR count). The maximum absolute atomic E-state index is 6.04. The van der Waals surface area contributed by atoms with Crippen molar-refractivity contribution in [1.82, 2.24) is 14.9 Å². The molecule has 2 heterocycles. The van der Waals surface area contributed by atoms with Gasteiger partial charge in [0.05, 0.1) is 0 Å². The lowest BCUT2D eigenvalue weighted by Crippen LogP contribution is -2.37. The summed E-state index contributed by atoms with van der Waals surface area (Å²) in [7, 11) is 4.31. The second-order valence-electron chi connectivity index (χ2n) is 5.88. The second-order valence-corrected chi connectivity index (χ2v) is 5.88. The van der Waals surface area contributed by atoms with Crippen molar-refractivity contribution in [3.63, 3.8) is 0 Å². The van der Waals surface area contributed by atoms with Crippen LogP contribution in [0.15, 0.2) is 0 Å². The van der Waals surface area contributed by atoms with Gasteiger partial charge in [0.2, 0.25) is 0 Å². The molecule has 0 aliphatic carbocycles. The first-order chi connectivity index (χ1) is 9.52. The van der Waals surface area contributed by atoms with Crippen LogP contribution in [0.1, 0.15) is 37.6 Å². The zero-order valence-electron chi connectivity index (χ0n) is 13.2. The fourth-order valence-corrected chi connectivity index (χ4v) is 2.89. The van der Waals surface area contributed by atoms with E-state index in [1.165, 1.54) is 19.4 Å². The molecular weight excluding hydrogens is 250 g/mol. The van der Waals surface area contributed by atoms with Gasteiger partial charge in [-0.15, -0.1) is 0 Å². The molecule has 1 aliphatic heterocycles. The summed E-state index contributed by atoms with van der Waals surface area (Å²) in [5, 5.41) is 0. The molecule has 0 radical (unpaired) electrons. The van der Waals surface area contributed by atoms with Crippen LogP contribution >= 0.6 is 0 Å². The number of nitrogens with two attached hydrogens (primary N) is 1. The van der Waals surface area contributed by atoms with Crippen LogP contribution in [-0.2, 0) is 6.42 Å². The first-order valence-corrected chi connectivity index (χ1v) is 7.57. The SMILES string of the molecule is CCCc1nc(N)c(C)c(N(C)CC2CCCN2C)n1. The molecule has 0 bridgehead atoms. The Hall–Kier alpha value is -1.36. The number of likely N-dealkylation sites (N-methyl/N-ethyl adjacent to an activating group) is 2. The Morgan fingerprint density at radius 2 is 2.15 bits per heavy atom. The number of aromatic nitrogens is 2. The molecule has 1 fully saturated rings. The Balaban J connectivity index is 2.17. The minimum atomic E-state index is 0.616. The van der Waals surface area contributed by atoms with Crippen LogP contribution in [0.5, 0.6) is 0 Å². The third-order valence-electron chi connectivity index (χ3n) is 4.20. The molecule has 20 heavy (non-hydrogen) atoms. The maximum atomic E-state index is 6.04. The number of anilines is 2. The molecule has 0 amide bonds. The van der Waals surface area contributed by atoms with Gasteiger partial charge < -0.3 is 15.5 Å². The summed E-state index contributed by atoms with van der Waals surface area (Å²) in [5.74, 6) is 2.46. The summed E-state index contributed by atoms with van der Waals surface area (Å²) in [4.78, 5) is 13.8. The summed E-state index contributed by atoms with van der Waals surface area (Å²) < 4.78 is 0. The van der Waals surface area contributed by atoms with Crippen LogP contribution in [0, 0.1) is 6.92 Å². The van der Waals surface area contributed by atoms with Gasteiger partial charge in [-0.3, -0.25) is 0 Å². The van der Waals surface area contributed by atoms with Gasteiger partial charge in [0.1, 0.15) is 17.5 Å². The summed E-state index contributed by atoms with van der Waals surface area (Å²) in [6.45, 7) is 6.34. The largest absolute Gasteiger partial charge is 0.383 e. The Bertz CT molecular complexity index is 460. The number of likely N-dealkylation sites (tertiary alicyclic amines) is 1. The van der Waals surface area contributed by atoms with Crippen molar-refractivity contribution in [2.24, 2.45) is 0 Å². The molecule has 0 aromatic carbocycles. The summed E-state index contributed by atoms with van der Waals surface area (Å²) >= 11 is 0. The van der Waals surface area contributed by atoms with Crippen molar-refractivity contribution in [2.45, 2.75) is 45.6 Å². The molecule has 0 saturated carbocycles. The summed E-state index contributed by atoms with van der Waals surface area (Å²) in [5.41, 5.74) is 7.03. The molecular formula is C15H27N5. The molecule has 1 unspecified atom stereocenters. The van der Waals surface area contributed by atoms with Crippen molar-refractivity contribution in [1.29, 1.82) is 0 Å². The van der Waals surface area contributed by atoms with Crippen LogP contribution in [0.25, 0.3) is 0 Å². The van der Waals surface area contributed by atoms with Gasteiger partial charge in [-0.1, -0.05) is 6.92 Å². The molecule has 1 aliphatic rings. The van der Waals surface area contributed by atoms with E-state index in [1.54, 1.807) is 0 Å². The molecule has 0 spiro atoms. The van der Waals surface area contributed by atoms with Crippen LogP contribution in [-0.4, -0.2) is 48.1 Å². The van der Waals surface area contributed by atoms with Gasteiger partial charge >= 0.3 is 0 Å². The Morgan fingerprint density at radius 3 is 2.75 bits per heavy atom. The van der Waals surface area contributed by atoms with E-state index in [0.29, 0.717) is 11.9 Å². The number of rotatable bonds is 5. The van der Waals surface area contributed by atoms with E-state index in [0.717, 1.165) is 36.6 Å². The van der Waals surface area contributed by atoms with E-state index in [1.807, 2.05) is 6.92 Å². The third-order valence-corrected chi connectivity index (χ3v) is 4.20. The standard InChI is InChI=1S/C15H27N5/c1-5-7-13-17-14(16)11(2)15(18-13)20(4)10-12-8-6-9-19(12)3/h12H,5-10H2,1-4H3,(H2,16,17,18). The summed E-state index contributed by atoms with van der Waals surface area (Å²) in [6.07, 6.45) is 4.48.